The summed E-state index contributed by atoms with van der Waals surface area (Å²) in [4.78, 5) is 4.15. The van der Waals surface area contributed by atoms with Gasteiger partial charge < -0.3 is 9.30 Å². The van der Waals surface area contributed by atoms with Gasteiger partial charge >= 0.3 is 0 Å². The molecule has 0 radical (unpaired) electrons. The van der Waals surface area contributed by atoms with Gasteiger partial charge in [0.15, 0.2) is 0 Å². The highest BCUT2D eigenvalue weighted by molar-refractivity contribution is 5.51. The van der Waals surface area contributed by atoms with Crippen LogP contribution in [0.4, 0.5) is 0 Å². The Morgan fingerprint density at radius 1 is 1.44 bits per heavy atom. The van der Waals surface area contributed by atoms with Gasteiger partial charge in [0, 0.05) is 12.3 Å². The zero-order valence-electron chi connectivity index (χ0n) is 9.14. The molecule has 2 aromatic rings. The fraction of sp³-hybridized carbons (Fsp3) is 0.167. The van der Waals surface area contributed by atoms with Gasteiger partial charge in [-0.15, -0.1) is 0 Å². The van der Waals surface area contributed by atoms with E-state index in [4.69, 9.17) is 10.00 Å². The SMILES string of the molecule is COc1cc(C#N)ccc1-n1cnc(C)c1. The van der Waals surface area contributed by atoms with Crippen molar-refractivity contribution in [1.82, 2.24) is 9.55 Å². The van der Waals surface area contributed by atoms with Crippen LogP contribution in [0.5, 0.6) is 5.75 Å². The maximum absolute atomic E-state index is 8.80. The topological polar surface area (TPSA) is 50.8 Å². The zero-order valence-corrected chi connectivity index (χ0v) is 9.14. The van der Waals surface area contributed by atoms with Crippen LogP contribution < -0.4 is 4.74 Å². The number of ether oxygens (including phenoxy) is 1. The van der Waals surface area contributed by atoms with Crippen molar-refractivity contribution in [2.45, 2.75) is 6.92 Å². The quantitative estimate of drug-likeness (QED) is 0.767. The van der Waals surface area contributed by atoms with Crippen LogP contribution in [0.15, 0.2) is 30.7 Å². The Morgan fingerprint density at radius 2 is 2.25 bits per heavy atom. The Bertz CT molecular complexity index is 552. The first-order valence-electron chi connectivity index (χ1n) is 4.83. The number of imidazole rings is 1. The Kier molecular flexibility index (Phi) is 2.61. The maximum atomic E-state index is 8.80. The summed E-state index contributed by atoms with van der Waals surface area (Å²) < 4.78 is 7.12. The predicted molar refractivity (Wildman–Crippen MR) is 59.6 cm³/mol. The first kappa shape index (κ1) is 10.2. The molecular weight excluding hydrogens is 202 g/mol. The molecule has 4 heteroatoms. The highest BCUT2D eigenvalue weighted by Gasteiger charge is 2.06. The third-order valence-corrected chi connectivity index (χ3v) is 2.30. The summed E-state index contributed by atoms with van der Waals surface area (Å²) in [7, 11) is 1.59. The first-order valence-corrected chi connectivity index (χ1v) is 4.83. The normalized spacial score (nSPS) is 9.81. The minimum Gasteiger partial charge on any atom is -0.495 e. The van der Waals surface area contributed by atoms with E-state index in [9.17, 15) is 0 Å². The van der Waals surface area contributed by atoms with E-state index in [2.05, 4.69) is 11.1 Å². The van der Waals surface area contributed by atoms with Gasteiger partial charge in [-0.05, 0) is 19.1 Å². The molecule has 1 aromatic heterocycles. The van der Waals surface area contributed by atoms with Crippen molar-refractivity contribution < 1.29 is 4.74 Å². The third kappa shape index (κ3) is 1.75. The maximum Gasteiger partial charge on any atom is 0.144 e. The Labute approximate surface area is 93.7 Å². The van der Waals surface area contributed by atoms with Gasteiger partial charge in [-0.3, -0.25) is 0 Å². The average molecular weight is 213 g/mol. The summed E-state index contributed by atoms with van der Waals surface area (Å²) in [6.45, 7) is 1.92. The van der Waals surface area contributed by atoms with Crippen molar-refractivity contribution in [3.05, 3.63) is 42.0 Å². The second kappa shape index (κ2) is 4.07. The Balaban J connectivity index is 2.53. The lowest BCUT2D eigenvalue weighted by Crippen LogP contribution is -1.96. The number of nitriles is 1. The van der Waals surface area contributed by atoms with E-state index in [1.165, 1.54) is 0 Å². The molecule has 0 N–H and O–H groups in total. The minimum atomic E-state index is 0.581. The lowest BCUT2D eigenvalue weighted by Gasteiger charge is -2.08. The molecule has 0 aliphatic heterocycles. The monoisotopic (exact) mass is 213 g/mol. The summed E-state index contributed by atoms with van der Waals surface area (Å²) in [6, 6.07) is 7.40. The summed E-state index contributed by atoms with van der Waals surface area (Å²) >= 11 is 0. The van der Waals surface area contributed by atoms with Gasteiger partial charge in [-0.2, -0.15) is 5.26 Å². The molecule has 16 heavy (non-hydrogen) atoms. The third-order valence-electron chi connectivity index (χ3n) is 2.30. The van der Waals surface area contributed by atoms with E-state index in [1.54, 1.807) is 25.6 Å². The van der Waals surface area contributed by atoms with E-state index >= 15 is 0 Å². The molecule has 4 nitrogen and oxygen atoms in total. The number of rotatable bonds is 2. The smallest absolute Gasteiger partial charge is 0.144 e. The summed E-state index contributed by atoms with van der Waals surface area (Å²) in [5, 5.41) is 8.80. The Morgan fingerprint density at radius 3 is 2.81 bits per heavy atom. The number of aryl methyl sites for hydroxylation is 1. The number of hydrogen-bond donors (Lipinski definition) is 0. The van der Waals surface area contributed by atoms with Crippen molar-refractivity contribution in [3.63, 3.8) is 0 Å². The molecule has 0 unspecified atom stereocenters. The molecule has 0 spiro atoms. The predicted octanol–water partition coefficient (Wildman–Crippen LogP) is 2.06. The molecule has 0 bridgehead atoms. The van der Waals surface area contributed by atoms with Gasteiger partial charge in [0.05, 0.1) is 36.5 Å². The van der Waals surface area contributed by atoms with Gasteiger partial charge in [-0.1, -0.05) is 0 Å². The van der Waals surface area contributed by atoms with Gasteiger partial charge in [-0.25, -0.2) is 4.98 Å². The molecule has 0 amide bonds. The van der Waals surface area contributed by atoms with E-state index in [1.807, 2.05) is 23.8 Å². The fourth-order valence-corrected chi connectivity index (χ4v) is 1.51. The van der Waals surface area contributed by atoms with Crippen LogP contribution in [-0.2, 0) is 0 Å². The standard InChI is InChI=1S/C12H11N3O/c1-9-7-15(8-14-9)11-4-3-10(6-13)5-12(11)16-2/h3-5,7-8H,1-2H3. The number of benzene rings is 1. The summed E-state index contributed by atoms with van der Waals surface area (Å²) in [5.74, 6) is 0.663. The van der Waals surface area contributed by atoms with Gasteiger partial charge in [0.2, 0.25) is 0 Å². The molecular formula is C12H11N3O. The van der Waals surface area contributed by atoms with Gasteiger partial charge in [0.1, 0.15) is 5.75 Å². The molecule has 0 atom stereocenters. The van der Waals surface area contributed by atoms with Crippen LogP contribution in [0.25, 0.3) is 5.69 Å². The fourth-order valence-electron chi connectivity index (χ4n) is 1.51. The van der Waals surface area contributed by atoms with Gasteiger partial charge in [0.25, 0.3) is 0 Å². The molecule has 0 saturated carbocycles. The molecule has 0 fully saturated rings. The number of methoxy groups -OCH3 is 1. The molecule has 0 aliphatic rings. The van der Waals surface area contributed by atoms with E-state index in [-0.39, 0.29) is 0 Å². The van der Waals surface area contributed by atoms with Crippen molar-refractivity contribution in [1.29, 1.82) is 5.26 Å². The van der Waals surface area contributed by atoms with E-state index < -0.39 is 0 Å². The summed E-state index contributed by atoms with van der Waals surface area (Å²) in [5.41, 5.74) is 2.39. The second-order valence-electron chi connectivity index (χ2n) is 3.42. The van der Waals surface area contributed by atoms with Crippen LogP contribution in [0, 0.1) is 18.3 Å². The summed E-state index contributed by atoms with van der Waals surface area (Å²) in [6.07, 6.45) is 3.63. The molecule has 1 aromatic carbocycles. The first-order chi connectivity index (χ1) is 7.74. The Hall–Kier alpha value is -2.28. The zero-order chi connectivity index (χ0) is 11.5. The number of aromatic nitrogens is 2. The van der Waals surface area contributed by atoms with Crippen LogP contribution >= 0.6 is 0 Å². The largest absolute Gasteiger partial charge is 0.495 e. The molecule has 0 aliphatic carbocycles. The molecule has 0 saturated heterocycles. The molecule has 1 heterocycles. The van der Waals surface area contributed by atoms with E-state index in [0.29, 0.717) is 11.3 Å². The molecule has 2 rings (SSSR count). The van der Waals surface area contributed by atoms with Crippen LogP contribution in [0.3, 0.4) is 0 Å². The average Bonchev–Trinajstić information content (AvgIpc) is 2.74. The van der Waals surface area contributed by atoms with Crippen molar-refractivity contribution in [3.8, 4) is 17.5 Å². The van der Waals surface area contributed by atoms with Crippen molar-refractivity contribution >= 4 is 0 Å². The van der Waals surface area contributed by atoms with E-state index in [0.717, 1.165) is 11.4 Å². The van der Waals surface area contributed by atoms with Crippen molar-refractivity contribution in [2.24, 2.45) is 0 Å². The van der Waals surface area contributed by atoms with Crippen LogP contribution in [-0.4, -0.2) is 16.7 Å². The van der Waals surface area contributed by atoms with Crippen LogP contribution in [0.1, 0.15) is 11.3 Å². The number of hydrogen-bond acceptors (Lipinski definition) is 3. The molecule has 80 valence electrons. The van der Waals surface area contributed by atoms with Crippen LogP contribution in [0.2, 0.25) is 0 Å². The lowest BCUT2D eigenvalue weighted by atomic mass is 10.2. The highest BCUT2D eigenvalue weighted by Crippen LogP contribution is 2.23. The minimum absolute atomic E-state index is 0.581. The van der Waals surface area contributed by atoms with Crippen molar-refractivity contribution in [2.75, 3.05) is 7.11 Å². The second-order valence-corrected chi connectivity index (χ2v) is 3.42. The number of nitrogens with zero attached hydrogens (tertiary/aromatic N) is 3. The highest BCUT2D eigenvalue weighted by atomic mass is 16.5. The lowest BCUT2D eigenvalue weighted by molar-refractivity contribution is 0.412.